The molecule has 5 rings (SSSR count). The van der Waals surface area contributed by atoms with Crippen molar-refractivity contribution in [2.75, 3.05) is 13.4 Å². The van der Waals surface area contributed by atoms with E-state index in [-0.39, 0.29) is 20.5 Å². The van der Waals surface area contributed by atoms with Crippen LogP contribution in [0.25, 0.3) is 0 Å². The van der Waals surface area contributed by atoms with Crippen LogP contribution in [0.2, 0.25) is 0 Å². The Morgan fingerprint density at radius 1 is 0.739 bits per heavy atom. The number of ketones is 1. The summed E-state index contributed by atoms with van der Waals surface area (Å²) in [6.07, 6.45) is -3.98. The fourth-order valence-electron chi connectivity index (χ4n) is 4.99. The van der Waals surface area contributed by atoms with Crippen LogP contribution >= 0.6 is 22.1 Å². The summed E-state index contributed by atoms with van der Waals surface area (Å²) in [5.74, 6) is 0.303. The summed E-state index contributed by atoms with van der Waals surface area (Å²) >= 11 is 1.32. The summed E-state index contributed by atoms with van der Waals surface area (Å²) in [7, 11) is -6.37. The van der Waals surface area contributed by atoms with Crippen molar-refractivity contribution in [2.24, 2.45) is 0 Å². The largest absolute Gasteiger partial charge is 0.497 e. The van der Waals surface area contributed by atoms with Crippen molar-refractivity contribution in [2.45, 2.75) is 37.6 Å². The molecule has 0 aliphatic carbocycles. The van der Waals surface area contributed by atoms with Gasteiger partial charge in [0.15, 0.2) is 5.78 Å². The number of aryl methyl sites for hydroxylation is 1. The van der Waals surface area contributed by atoms with Gasteiger partial charge in [0.1, 0.15) is 5.75 Å². The number of methoxy groups -OCH3 is 1. The van der Waals surface area contributed by atoms with E-state index >= 15 is 0 Å². The van der Waals surface area contributed by atoms with Crippen molar-refractivity contribution in [1.29, 1.82) is 0 Å². The van der Waals surface area contributed by atoms with Crippen molar-refractivity contribution in [3.05, 3.63) is 144 Å². The van der Waals surface area contributed by atoms with Gasteiger partial charge in [-0.3, -0.25) is 4.79 Å². The van der Waals surface area contributed by atoms with Gasteiger partial charge in [-0.1, -0.05) is 66.4 Å². The smallest absolute Gasteiger partial charge is 0.417 e. The minimum absolute atomic E-state index is 0.133. The van der Waals surface area contributed by atoms with E-state index in [1.165, 1.54) is 49.2 Å². The molecule has 0 radical (unpaired) electrons. The van der Waals surface area contributed by atoms with Crippen LogP contribution in [0, 0.1) is 6.92 Å². The Morgan fingerprint density at radius 2 is 1.33 bits per heavy atom. The van der Waals surface area contributed by atoms with Gasteiger partial charge in [-0.15, -0.1) is 0 Å². The fourth-order valence-corrected chi connectivity index (χ4v) is 11.0. The molecule has 11 heteroatoms. The van der Waals surface area contributed by atoms with E-state index in [1.807, 2.05) is 31.2 Å². The molecule has 5 nitrogen and oxygen atoms in total. The summed E-state index contributed by atoms with van der Waals surface area (Å²) in [4.78, 5) is 15.0. The van der Waals surface area contributed by atoms with Gasteiger partial charge in [-0.25, -0.2) is 3.63 Å². The van der Waals surface area contributed by atoms with Crippen molar-refractivity contribution in [3.63, 3.8) is 0 Å². The Bertz CT molecular complexity index is 1960. The van der Waals surface area contributed by atoms with Crippen LogP contribution in [0.15, 0.2) is 146 Å². The lowest BCUT2D eigenvalue weighted by Gasteiger charge is -2.40. The molecule has 5 aromatic carbocycles. The second-order valence-corrected chi connectivity index (χ2v) is 15.8. The maximum absolute atomic E-state index is 14.5. The van der Waals surface area contributed by atoms with Crippen LogP contribution in [-0.2, 0) is 19.9 Å². The Labute approximate surface area is 272 Å². The molecule has 0 aliphatic heterocycles. The molecule has 46 heavy (non-hydrogen) atoms. The zero-order valence-electron chi connectivity index (χ0n) is 24.9. The first-order chi connectivity index (χ1) is 21.8. The summed E-state index contributed by atoms with van der Waals surface area (Å²) < 4.78 is 80.3. The van der Waals surface area contributed by atoms with E-state index in [1.54, 1.807) is 60.7 Å². The fraction of sp³-hybridized carbons (Fsp3) is 0.114. The number of rotatable bonds is 10. The zero-order chi connectivity index (χ0) is 33.1. The molecule has 0 amide bonds. The maximum Gasteiger partial charge on any atom is 0.417 e. The topological polar surface area (TPSA) is 69.7 Å². The van der Waals surface area contributed by atoms with E-state index in [4.69, 9.17) is 8.37 Å². The molecule has 0 fully saturated rings. The molecule has 1 unspecified atom stereocenters. The SMILES string of the molecule is COc1ccc(S(OS(C)(=O)=O)(c2ccc(Sc3cccc(C)c3C(=O)c3ccccc3)cc2)c2ccccc2C(F)(F)F)cc1. The number of hydrogen-bond acceptors (Lipinski definition) is 6. The second kappa shape index (κ2) is 13.4. The van der Waals surface area contributed by atoms with Gasteiger partial charge >= 0.3 is 6.18 Å². The second-order valence-electron chi connectivity index (χ2n) is 10.2. The van der Waals surface area contributed by atoms with Gasteiger partial charge < -0.3 is 4.74 Å². The first kappa shape index (κ1) is 33.3. The molecule has 0 aliphatic rings. The van der Waals surface area contributed by atoms with Gasteiger partial charge in [-0.2, -0.15) is 21.6 Å². The standard InChI is InChI=1S/C35H29F3O5S3/c1-24-10-9-14-31(33(24)34(39)25-11-5-4-6-12-25)44-27-18-22-29(23-19-27)46(43-45(3,40)41,28-20-16-26(42-2)17-21-28)32-15-8-7-13-30(32)35(36,37)38/h4-23H,1-3H3. The Kier molecular flexibility index (Phi) is 9.69. The van der Waals surface area contributed by atoms with E-state index in [2.05, 4.69) is 0 Å². The summed E-state index contributed by atoms with van der Waals surface area (Å²) in [5, 5.41) is 0. The minimum atomic E-state index is -4.80. The predicted octanol–water partition coefficient (Wildman–Crippen LogP) is 9.58. The molecule has 0 aromatic heterocycles. The van der Waals surface area contributed by atoms with Crippen molar-refractivity contribution < 1.29 is 34.7 Å². The number of carbonyl (C=O) groups excluding carboxylic acids is 1. The monoisotopic (exact) mass is 682 g/mol. The van der Waals surface area contributed by atoms with E-state index < -0.39 is 32.2 Å². The maximum atomic E-state index is 14.5. The molecule has 0 N–H and O–H groups in total. The van der Waals surface area contributed by atoms with Gasteiger partial charge in [0.05, 0.1) is 18.9 Å². The van der Waals surface area contributed by atoms with Crippen LogP contribution in [0.4, 0.5) is 13.2 Å². The van der Waals surface area contributed by atoms with Crippen LogP contribution in [0.1, 0.15) is 27.0 Å². The molecular formula is C35H29F3O5S3. The highest BCUT2D eigenvalue weighted by atomic mass is 32.3. The number of alkyl halides is 3. The highest BCUT2D eigenvalue weighted by Gasteiger charge is 2.44. The molecule has 0 heterocycles. The first-order valence-corrected chi connectivity index (χ1v) is 18.0. The third-order valence-electron chi connectivity index (χ3n) is 7.00. The lowest BCUT2D eigenvalue weighted by atomic mass is 9.99. The van der Waals surface area contributed by atoms with Crippen molar-refractivity contribution >= 4 is 38.0 Å². The van der Waals surface area contributed by atoms with Crippen LogP contribution in [0.5, 0.6) is 5.75 Å². The van der Waals surface area contributed by atoms with E-state index in [0.29, 0.717) is 26.7 Å². The molecule has 5 aromatic rings. The van der Waals surface area contributed by atoms with Crippen molar-refractivity contribution in [1.82, 2.24) is 0 Å². The van der Waals surface area contributed by atoms with Gasteiger partial charge in [-0.05, 0) is 89.5 Å². The van der Waals surface area contributed by atoms with Gasteiger partial charge in [0.25, 0.3) is 10.1 Å². The summed E-state index contributed by atoms with van der Waals surface area (Å²) in [5.41, 5.74) is 0.874. The highest BCUT2D eigenvalue weighted by Crippen LogP contribution is 2.71. The van der Waals surface area contributed by atoms with Crippen LogP contribution in [-0.4, -0.2) is 27.6 Å². The number of hydrogen-bond donors (Lipinski definition) is 0. The summed E-state index contributed by atoms with van der Waals surface area (Å²) in [6.45, 7) is 1.86. The molecule has 0 bridgehead atoms. The number of carbonyl (C=O) groups is 1. The Morgan fingerprint density at radius 3 is 1.91 bits per heavy atom. The third-order valence-corrected chi connectivity index (χ3v) is 12.7. The quantitative estimate of drug-likeness (QED) is 0.137. The molecule has 238 valence electrons. The molecular weight excluding hydrogens is 654 g/mol. The normalized spacial score (nSPS) is 13.9. The van der Waals surface area contributed by atoms with Crippen LogP contribution < -0.4 is 4.74 Å². The highest BCUT2D eigenvalue weighted by molar-refractivity contribution is 8.33. The molecule has 0 saturated carbocycles. The van der Waals surface area contributed by atoms with Crippen LogP contribution in [0.3, 0.4) is 0 Å². The number of halogens is 3. The minimum Gasteiger partial charge on any atom is -0.497 e. The van der Waals surface area contributed by atoms with Crippen molar-refractivity contribution in [3.8, 4) is 5.75 Å². The first-order valence-electron chi connectivity index (χ1n) is 13.9. The third kappa shape index (κ3) is 7.02. The molecule has 1 atom stereocenters. The van der Waals surface area contributed by atoms with Gasteiger partial charge in [0.2, 0.25) is 0 Å². The zero-order valence-corrected chi connectivity index (χ0v) is 27.4. The molecule has 0 spiro atoms. The number of benzene rings is 5. The Hall–Kier alpha value is -4.03. The average Bonchev–Trinajstić information content (AvgIpc) is 3.03. The van der Waals surface area contributed by atoms with Gasteiger partial charge in [0, 0.05) is 35.6 Å². The van der Waals surface area contributed by atoms with E-state index in [0.717, 1.165) is 17.9 Å². The predicted molar refractivity (Wildman–Crippen MR) is 174 cm³/mol. The molecule has 0 saturated heterocycles. The average molecular weight is 683 g/mol. The Balaban J connectivity index is 1.67. The lowest BCUT2D eigenvalue weighted by molar-refractivity contribution is -0.139. The van der Waals surface area contributed by atoms with E-state index in [9.17, 15) is 26.4 Å². The number of ether oxygens (including phenoxy) is 1. The summed E-state index contributed by atoms with van der Waals surface area (Å²) in [6, 6.07) is 32.0. The lowest BCUT2D eigenvalue weighted by Crippen LogP contribution is -2.17.